The van der Waals surface area contributed by atoms with Crippen LogP contribution in [-0.2, 0) is 14.3 Å². The van der Waals surface area contributed by atoms with Gasteiger partial charge in [0.15, 0.2) is 0 Å². The summed E-state index contributed by atoms with van der Waals surface area (Å²) in [5, 5.41) is 6.39. The van der Waals surface area contributed by atoms with E-state index in [1.807, 2.05) is 23.4 Å². The number of likely N-dealkylation sites (tertiary alicyclic amines) is 2. The molecule has 2 amide bonds. The minimum Gasteiger partial charge on any atom is -0.449 e. The van der Waals surface area contributed by atoms with Crippen molar-refractivity contribution in [3.05, 3.63) is 97.9 Å². The topological polar surface area (TPSA) is 140 Å². The number of hydrogen-bond donors (Lipinski definition) is 4. The molecule has 2 aromatic carbocycles. The van der Waals surface area contributed by atoms with Gasteiger partial charge in [-0.2, -0.15) is 0 Å². The molecule has 0 aliphatic carbocycles. The van der Waals surface area contributed by atoms with E-state index in [2.05, 4.69) is 115 Å². The van der Waals surface area contributed by atoms with Crippen LogP contribution in [0.15, 0.2) is 86.2 Å². The number of aromatic nitrogens is 4. The molecule has 0 unspecified atom stereocenters. The molecular formula is C46H62N8O4. The number of nitrogens with one attached hydrogen (secondary N) is 4. The Balaban J connectivity index is 1.05. The molecule has 310 valence electrons. The zero-order valence-electron chi connectivity index (χ0n) is 34.7. The summed E-state index contributed by atoms with van der Waals surface area (Å²) in [5.41, 5.74) is 6.27. The van der Waals surface area contributed by atoms with E-state index in [-0.39, 0.29) is 48.0 Å². The summed E-state index contributed by atoms with van der Waals surface area (Å²) in [5.74, 6) is 2.24. The summed E-state index contributed by atoms with van der Waals surface area (Å²) in [6.45, 7) is 19.4. The van der Waals surface area contributed by atoms with Gasteiger partial charge in [0.25, 0.3) is 0 Å². The third-order valence-electron chi connectivity index (χ3n) is 11.3. The van der Waals surface area contributed by atoms with E-state index in [1.165, 1.54) is 0 Å². The second-order valence-corrected chi connectivity index (χ2v) is 16.1. The summed E-state index contributed by atoms with van der Waals surface area (Å²) in [7, 11) is 0. The number of aromatic amines is 2. The Morgan fingerprint density at radius 3 is 1.93 bits per heavy atom. The van der Waals surface area contributed by atoms with Gasteiger partial charge in [0.1, 0.15) is 11.6 Å². The first-order chi connectivity index (χ1) is 28.2. The van der Waals surface area contributed by atoms with Crippen LogP contribution in [0.5, 0.6) is 0 Å². The first-order valence-electron chi connectivity index (χ1n) is 21.0. The van der Waals surface area contributed by atoms with E-state index in [4.69, 9.17) is 19.4 Å². The van der Waals surface area contributed by atoms with E-state index < -0.39 is 0 Å². The minimum atomic E-state index is -0.379. The Kier molecular flexibility index (Phi) is 15.1. The minimum absolute atomic E-state index is 0.0329. The van der Waals surface area contributed by atoms with Crippen molar-refractivity contribution in [1.82, 2.24) is 40.4 Å². The fourth-order valence-electron chi connectivity index (χ4n) is 7.94. The predicted molar refractivity (Wildman–Crippen MR) is 230 cm³/mol. The SMILES string of the molecule is C=CCCOCN[C@H](C(=O)N1CCC[C@H]1c1ncc(-c2ccc(-c3ccc(-c4cnc([C@@H]5CCCN5C[C@@H](NC(=O)OCCC=C)C(C)C)[nH]4)cc3)cc2)[nH]1)C(C)C. The maximum absolute atomic E-state index is 13.7. The van der Waals surface area contributed by atoms with Crippen LogP contribution in [0.25, 0.3) is 33.6 Å². The number of nitrogens with zero attached hydrogens (tertiary/aromatic N) is 4. The van der Waals surface area contributed by atoms with E-state index in [0.29, 0.717) is 32.9 Å². The molecule has 4 heterocycles. The van der Waals surface area contributed by atoms with Crippen LogP contribution in [0.2, 0.25) is 0 Å². The molecule has 2 saturated heterocycles. The summed E-state index contributed by atoms with van der Waals surface area (Å²) < 4.78 is 11.0. The van der Waals surface area contributed by atoms with E-state index in [1.54, 1.807) is 6.08 Å². The number of imidazole rings is 2. The lowest BCUT2D eigenvalue weighted by atomic mass is 10.0. The highest BCUT2D eigenvalue weighted by molar-refractivity contribution is 5.83. The number of alkyl carbamates (subject to hydrolysis) is 1. The third-order valence-corrected chi connectivity index (χ3v) is 11.3. The Bertz CT molecular complexity index is 1930. The summed E-state index contributed by atoms with van der Waals surface area (Å²) in [4.78, 5) is 47.3. The number of ether oxygens (including phenoxy) is 2. The standard InChI is InChI=1S/C46H62N8O4/c1-7-9-25-57-30-49-42(32(5)6)45(55)54-24-12-14-41(54)44-48-28-38(51-44)36-21-17-34(18-22-36)33-15-19-35(20-16-33)37-27-47-43(50-37)40-13-11-23-53(40)29-39(31(3)4)52-46(56)58-26-10-8-2/h7-8,15-22,27-28,31-32,39-42,49H,1-2,9-14,23-26,29-30H2,3-6H3,(H,47,50)(H,48,51)(H,52,56)/t39-,40+,41+,42+/m1/s1. The van der Waals surface area contributed by atoms with Gasteiger partial charge >= 0.3 is 6.09 Å². The first-order valence-corrected chi connectivity index (χ1v) is 21.0. The summed E-state index contributed by atoms with van der Waals surface area (Å²) in [6.07, 6.45) is 12.3. The average molecular weight is 791 g/mol. The zero-order valence-corrected chi connectivity index (χ0v) is 34.7. The molecule has 0 radical (unpaired) electrons. The smallest absolute Gasteiger partial charge is 0.407 e. The van der Waals surface area contributed by atoms with E-state index in [0.717, 1.165) is 90.5 Å². The van der Waals surface area contributed by atoms with Gasteiger partial charge in [-0.25, -0.2) is 14.8 Å². The Morgan fingerprint density at radius 1 is 0.793 bits per heavy atom. The monoisotopic (exact) mass is 790 g/mol. The fourth-order valence-corrected chi connectivity index (χ4v) is 7.94. The molecule has 12 nitrogen and oxygen atoms in total. The van der Waals surface area contributed by atoms with Crippen molar-refractivity contribution in [3.8, 4) is 33.6 Å². The van der Waals surface area contributed by atoms with Gasteiger partial charge < -0.3 is 29.7 Å². The molecule has 4 aromatic rings. The van der Waals surface area contributed by atoms with Crippen molar-refractivity contribution in [3.63, 3.8) is 0 Å². The molecule has 2 aliphatic heterocycles. The predicted octanol–water partition coefficient (Wildman–Crippen LogP) is 8.43. The Labute approximate surface area is 343 Å². The maximum Gasteiger partial charge on any atom is 0.407 e. The number of benzene rings is 2. The van der Waals surface area contributed by atoms with Crippen LogP contribution in [-0.4, -0.2) is 93.4 Å². The lowest BCUT2D eigenvalue weighted by Gasteiger charge is -2.30. The highest BCUT2D eigenvalue weighted by atomic mass is 16.5. The van der Waals surface area contributed by atoms with E-state index >= 15 is 0 Å². The number of hydrogen-bond acceptors (Lipinski definition) is 8. The van der Waals surface area contributed by atoms with Crippen molar-refractivity contribution >= 4 is 12.0 Å². The number of H-pyrrole nitrogens is 2. The van der Waals surface area contributed by atoms with Crippen molar-refractivity contribution in [2.45, 2.75) is 90.4 Å². The Hall–Kier alpha value is -5.04. The molecule has 2 fully saturated rings. The van der Waals surface area contributed by atoms with E-state index in [9.17, 15) is 9.59 Å². The van der Waals surface area contributed by atoms with Crippen LogP contribution < -0.4 is 10.6 Å². The number of amides is 2. The van der Waals surface area contributed by atoms with Crippen LogP contribution in [0.1, 0.15) is 90.0 Å². The molecular weight excluding hydrogens is 729 g/mol. The quantitative estimate of drug-likeness (QED) is 0.0398. The van der Waals surface area contributed by atoms with Crippen molar-refractivity contribution in [1.29, 1.82) is 0 Å². The molecule has 2 aromatic heterocycles. The molecule has 12 heteroatoms. The second-order valence-electron chi connectivity index (χ2n) is 16.1. The third kappa shape index (κ3) is 10.7. The lowest BCUT2D eigenvalue weighted by Crippen LogP contribution is -2.49. The van der Waals surface area contributed by atoms with Gasteiger partial charge in [-0.1, -0.05) is 88.4 Å². The largest absolute Gasteiger partial charge is 0.449 e. The van der Waals surface area contributed by atoms with Crippen LogP contribution >= 0.6 is 0 Å². The first kappa shape index (κ1) is 42.6. The molecule has 6 rings (SSSR count). The lowest BCUT2D eigenvalue weighted by molar-refractivity contribution is -0.136. The van der Waals surface area contributed by atoms with Gasteiger partial charge in [-0.15, -0.1) is 13.2 Å². The molecule has 58 heavy (non-hydrogen) atoms. The maximum atomic E-state index is 13.7. The number of carbonyl (C=O) groups is 2. The molecule has 4 atom stereocenters. The fraction of sp³-hybridized carbons (Fsp3) is 0.478. The normalized spacial score (nSPS) is 18.1. The summed E-state index contributed by atoms with van der Waals surface area (Å²) in [6, 6.07) is 16.8. The zero-order chi connectivity index (χ0) is 41.0. The van der Waals surface area contributed by atoms with Gasteiger partial charge in [-0.3, -0.25) is 15.0 Å². The average Bonchev–Trinajstić information content (AvgIpc) is 4.06. The van der Waals surface area contributed by atoms with Crippen LogP contribution in [0.3, 0.4) is 0 Å². The molecule has 0 spiro atoms. The highest BCUT2D eigenvalue weighted by Gasteiger charge is 2.37. The number of rotatable bonds is 20. The van der Waals surface area contributed by atoms with Crippen LogP contribution in [0.4, 0.5) is 4.79 Å². The molecule has 0 bridgehead atoms. The van der Waals surface area contributed by atoms with Crippen molar-refractivity contribution < 1.29 is 19.1 Å². The van der Waals surface area contributed by atoms with Crippen LogP contribution in [0, 0.1) is 11.8 Å². The van der Waals surface area contributed by atoms with Gasteiger partial charge in [0.2, 0.25) is 5.91 Å². The molecule has 0 saturated carbocycles. The Morgan fingerprint density at radius 2 is 1.34 bits per heavy atom. The van der Waals surface area contributed by atoms with Crippen molar-refractivity contribution in [2.75, 3.05) is 39.6 Å². The molecule has 2 aliphatic rings. The van der Waals surface area contributed by atoms with Crippen molar-refractivity contribution in [2.24, 2.45) is 11.8 Å². The summed E-state index contributed by atoms with van der Waals surface area (Å²) >= 11 is 0. The highest BCUT2D eigenvalue weighted by Crippen LogP contribution is 2.35. The second kappa shape index (κ2) is 20.6. The number of carbonyl (C=O) groups excluding carboxylic acids is 2. The van der Waals surface area contributed by atoms with Gasteiger partial charge in [0.05, 0.1) is 61.9 Å². The van der Waals surface area contributed by atoms with Gasteiger partial charge in [0, 0.05) is 19.1 Å². The molecule has 4 N–H and O–H groups in total. The van der Waals surface area contributed by atoms with Gasteiger partial charge in [-0.05, 0) is 79.2 Å².